The van der Waals surface area contributed by atoms with Crippen molar-refractivity contribution < 1.29 is 17.9 Å². The van der Waals surface area contributed by atoms with Gasteiger partial charge in [0.2, 0.25) is 5.28 Å². The number of hydrogen-bond donors (Lipinski definition) is 0. The molecule has 0 amide bonds. The molecule has 0 atom stereocenters. The Morgan fingerprint density at radius 3 is 2.17 bits per heavy atom. The zero-order valence-corrected chi connectivity index (χ0v) is 13.3. The number of alkyl halides is 3. The molecule has 0 saturated carbocycles. The normalized spacial score (nSPS) is 11.9. The number of imidazole rings is 1. The SMILES string of the molecule is FC(F)(F)Oc1ccc(-n2c(Cl)nc3cc(Cl)c(Cl)cc32)cc1. The topological polar surface area (TPSA) is 27.1 Å². The van der Waals surface area contributed by atoms with E-state index in [0.717, 1.165) is 0 Å². The predicted molar refractivity (Wildman–Crippen MR) is 82.8 cm³/mol. The fourth-order valence-corrected chi connectivity index (χ4v) is 2.68. The second-order valence-corrected chi connectivity index (χ2v) is 5.67. The third kappa shape index (κ3) is 3.34. The van der Waals surface area contributed by atoms with Gasteiger partial charge in [0, 0.05) is 5.69 Å². The van der Waals surface area contributed by atoms with Crippen LogP contribution in [0.5, 0.6) is 5.75 Å². The quantitative estimate of drug-likeness (QED) is 0.554. The van der Waals surface area contributed by atoms with Crippen LogP contribution in [0, 0.1) is 0 Å². The van der Waals surface area contributed by atoms with E-state index < -0.39 is 6.36 Å². The smallest absolute Gasteiger partial charge is 0.406 e. The molecule has 0 bridgehead atoms. The molecule has 1 aromatic heterocycles. The molecule has 0 N–H and O–H groups in total. The number of nitrogens with zero attached hydrogens (tertiary/aromatic N) is 2. The van der Waals surface area contributed by atoms with Gasteiger partial charge in [0.05, 0.1) is 21.1 Å². The van der Waals surface area contributed by atoms with Crippen molar-refractivity contribution in [3.05, 3.63) is 51.7 Å². The number of rotatable bonds is 2. The van der Waals surface area contributed by atoms with Crippen molar-refractivity contribution in [1.82, 2.24) is 9.55 Å². The van der Waals surface area contributed by atoms with Gasteiger partial charge in [-0.1, -0.05) is 23.2 Å². The predicted octanol–water partition coefficient (Wildman–Crippen LogP) is 5.88. The Morgan fingerprint density at radius 1 is 0.957 bits per heavy atom. The largest absolute Gasteiger partial charge is 0.573 e. The van der Waals surface area contributed by atoms with Crippen LogP contribution in [0.4, 0.5) is 13.2 Å². The van der Waals surface area contributed by atoms with Crippen LogP contribution in [-0.4, -0.2) is 15.9 Å². The second-order valence-electron chi connectivity index (χ2n) is 4.51. The zero-order chi connectivity index (χ0) is 16.8. The highest BCUT2D eigenvalue weighted by Gasteiger charge is 2.31. The van der Waals surface area contributed by atoms with Gasteiger partial charge in [-0.25, -0.2) is 4.98 Å². The van der Waals surface area contributed by atoms with Gasteiger partial charge in [0.1, 0.15) is 5.75 Å². The molecule has 0 aliphatic heterocycles. The van der Waals surface area contributed by atoms with E-state index >= 15 is 0 Å². The van der Waals surface area contributed by atoms with Gasteiger partial charge in [-0.2, -0.15) is 0 Å². The molecule has 120 valence electrons. The van der Waals surface area contributed by atoms with Gasteiger partial charge in [0.25, 0.3) is 0 Å². The average molecular weight is 382 g/mol. The van der Waals surface area contributed by atoms with E-state index in [-0.39, 0.29) is 11.0 Å². The molecule has 9 heteroatoms. The van der Waals surface area contributed by atoms with Gasteiger partial charge in [-0.05, 0) is 48.0 Å². The van der Waals surface area contributed by atoms with Crippen LogP contribution in [0.25, 0.3) is 16.7 Å². The van der Waals surface area contributed by atoms with E-state index in [9.17, 15) is 13.2 Å². The Bertz CT molecular complexity index is 876. The van der Waals surface area contributed by atoms with E-state index in [1.165, 1.54) is 28.8 Å². The van der Waals surface area contributed by atoms with Crippen LogP contribution < -0.4 is 4.74 Å². The van der Waals surface area contributed by atoms with Crippen molar-refractivity contribution in [3.8, 4) is 11.4 Å². The van der Waals surface area contributed by atoms with Crippen LogP contribution in [0.3, 0.4) is 0 Å². The maximum absolute atomic E-state index is 12.2. The van der Waals surface area contributed by atoms with Gasteiger partial charge in [-0.15, -0.1) is 13.2 Å². The van der Waals surface area contributed by atoms with Crippen LogP contribution in [-0.2, 0) is 0 Å². The molecular formula is C14H6Cl3F3N2O. The van der Waals surface area contributed by atoms with Crippen LogP contribution in [0.2, 0.25) is 15.3 Å². The summed E-state index contributed by atoms with van der Waals surface area (Å²) in [5.74, 6) is -0.331. The molecule has 0 spiro atoms. The third-order valence-corrected chi connectivity index (χ3v) is 3.96. The first-order chi connectivity index (χ1) is 10.7. The van der Waals surface area contributed by atoms with Gasteiger partial charge < -0.3 is 4.74 Å². The number of halogens is 6. The summed E-state index contributed by atoms with van der Waals surface area (Å²) in [5.41, 5.74) is 1.60. The molecule has 0 aliphatic carbocycles. The Morgan fingerprint density at radius 2 is 1.57 bits per heavy atom. The van der Waals surface area contributed by atoms with E-state index in [1.54, 1.807) is 12.1 Å². The summed E-state index contributed by atoms with van der Waals surface area (Å²) in [6.07, 6.45) is -4.74. The average Bonchev–Trinajstić information content (AvgIpc) is 2.74. The highest BCUT2D eigenvalue weighted by Crippen LogP contribution is 2.32. The molecule has 0 radical (unpaired) electrons. The zero-order valence-electron chi connectivity index (χ0n) is 11.0. The van der Waals surface area contributed by atoms with Crippen LogP contribution >= 0.6 is 34.8 Å². The van der Waals surface area contributed by atoms with E-state index in [4.69, 9.17) is 34.8 Å². The molecule has 1 heterocycles. The summed E-state index contributed by atoms with van der Waals surface area (Å²) in [6, 6.07) is 8.36. The molecule has 0 saturated heterocycles. The Hall–Kier alpha value is -1.63. The molecular weight excluding hydrogens is 376 g/mol. The summed E-state index contributed by atoms with van der Waals surface area (Å²) >= 11 is 18.0. The molecule has 0 unspecified atom stereocenters. The minimum Gasteiger partial charge on any atom is -0.406 e. The molecule has 0 aliphatic rings. The van der Waals surface area contributed by atoms with E-state index in [2.05, 4.69) is 9.72 Å². The number of fused-ring (bicyclic) bond motifs is 1. The maximum atomic E-state index is 12.2. The van der Waals surface area contributed by atoms with Crippen molar-refractivity contribution in [3.63, 3.8) is 0 Å². The lowest BCUT2D eigenvalue weighted by molar-refractivity contribution is -0.274. The minimum absolute atomic E-state index is 0.128. The molecule has 3 rings (SSSR count). The van der Waals surface area contributed by atoms with Crippen molar-refractivity contribution in [2.45, 2.75) is 6.36 Å². The van der Waals surface area contributed by atoms with E-state index in [0.29, 0.717) is 26.8 Å². The van der Waals surface area contributed by atoms with Crippen LogP contribution in [0.1, 0.15) is 0 Å². The van der Waals surface area contributed by atoms with Crippen molar-refractivity contribution >= 4 is 45.8 Å². The Kier molecular flexibility index (Phi) is 4.08. The number of benzene rings is 2. The number of hydrogen-bond acceptors (Lipinski definition) is 2. The summed E-state index contributed by atoms with van der Waals surface area (Å²) < 4.78 is 41.9. The Balaban J connectivity index is 2.06. The summed E-state index contributed by atoms with van der Waals surface area (Å²) in [4.78, 5) is 4.15. The van der Waals surface area contributed by atoms with Crippen molar-refractivity contribution in [2.24, 2.45) is 0 Å². The maximum Gasteiger partial charge on any atom is 0.573 e. The van der Waals surface area contributed by atoms with Crippen LogP contribution in [0.15, 0.2) is 36.4 Å². The third-order valence-electron chi connectivity index (χ3n) is 2.98. The molecule has 23 heavy (non-hydrogen) atoms. The first-order valence-corrected chi connectivity index (χ1v) is 7.27. The summed E-state index contributed by atoms with van der Waals surface area (Å²) in [7, 11) is 0. The first-order valence-electron chi connectivity index (χ1n) is 6.14. The van der Waals surface area contributed by atoms with E-state index in [1.807, 2.05) is 0 Å². The molecule has 3 aromatic rings. The fourth-order valence-electron chi connectivity index (χ4n) is 2.09. The van der Waals surface area contributed by atoms with Crippen molar-refractivity contribution in [1.29, 1.82) is 0 Å². The molecule has 2 aromatic carbocycles. The molecule has 3 nitrogen and oxygen atoms in total. The highest BCUT2D eigenvalue weighted by molar-refractivity contribution is 6.42. The second kappa shape index (κ2) is 5.78. The summed E-state index contributed by atoms with van der Waals surface area (Å²) in [6.45, 7) is 0. The monoisotopic (exact) mass is 380 g/mol. The molecule has 0 fully saturated rings. The van der Waals surface area contributed by atoms with Gasteiger partial charge in [-0.3, -0.25) is 4.57 Å². The number of aromatic nitrogens is 2. The summed E-state index contributed by atoms with van der Waals surface area (Å²) in [5, 5.41) is 0.770. The van der Waals surface area contributed by atoms with Gasteiger partial charge in [0.15, 0.2) is 0 Å². The standard InChI is InChI=1S/C14H6Cl3F3N2O/c15-9-5-11-12(6-10(9)16)22(13(17)21-11)7-1-3-8(4-2-7)23-14(18,19)20/h1-6H. The first kappa shape index (κ1) is 16.2. The van der Waals surface area contributed by atoms with Gasteiger partial charge >= 0.3 is 6.36 Å². The highest BCUT2D eigenvalue weighted by atomic mass is 35.5. The fraction of sp³-hybridized carbons (Fsp3) is 0.0714. The lowest BCUT2D eigenvalue weighted by atomic mass is 10.2. The van der Waals surface area contributed by atoms with Crippen molar-refractivity contribution in [2.75, 3.05) is 0 Å². The lowest BCUT2D eigenvalue weighted by Crippen LogP contribution is -2.17. The minimum atomic E-state index is -4.74. The Labute approximate surface area is 143 Å². The number of ether oxygens (including phenoxy) is 1. The lowest BCUT2D eigenvalue weighted by Gasteiger charge is -2.10.